The first-order chi connectivity index (χ1) is 10.4. The second-order valence-electron chi connectivity index (χ2n) is 6.19. The third kappa shape index (κ3) is 2.90. The van der Waals surface area contributed by atoms with Crippen LogP contribution in [0.25, 0.3) is 0 Å². The number of amides is 1. The third-order valence-corrected chi connectivity index (χ3v) is 3.27. The monoisotopic (exact) mass is 331 g/mol. The van der Waals surface area contributed by atoms with Crippen molar-refractivity contribution >= 4 is 11.9 Å². The Kier molecular flexibility index (Phi) is 3.92. The van der Waals surface area contributed by atoms with Gasteiger partial charge in [0.1, 0.15) is 12.1 Å². The summed E-state index contributed by atoms with van der Waals surface area (Å²) in [7, 11) is 0. The van der Waals surface area contributed by atoms with Crippen LogP contribution in [0.2, 0.25) is 0 Å². The number of rotatable bonds is 2. The van der Waals surface area contributed by atoms with Crippen molar-refractivity contribution < 1.29 is 32.6 Å². The van der Waals surface area contributed by atoms with E-state index in [1.54, 1.807) is 20.8 Å². The van der Waals surface area contributed by atoms with E-state index in [9.17, 15) is 27.9 Å². The van der Waals surface area contributed by atoms with Crippen LogP contribution in [0.1, 0.15) is 36.7 Å². The van der Waals surface area contributed by atoms with Gasteiger partial charge in [-0.05, 0) is 26.8 Å². The zero-order valence-corrected chi connectivity index (χ0v) is 12.8. The first-order valence-corrected chi connectivity index (χ1v) is 6.80. The molecule has 0 saturated heterocycles. The Labute approximate surface area is 130 Å². The van der Waals surface area contributed by atoms with Gasteiger partial charge < -0.3 is 9.84 Å². The lowest BCUT2D eigenvalue weighted by atomic mass is 10.0. The maximum atomic E-state index is 13.4. The molecule has 0 spiro atoms. The lowest BCUT2D eigenvalue weighted by molar-refractivity contribution is -0.309. The largest absolute Gasteiger partial charge is 0.459 e. The van der Waals surface area contributed by atoms with Gasteiger partial charge in [-0.25, -0.2) is 0 Å². The number of hydrogen-bond donors (Lipinski definition) is 1. The molecule has 23 heavy (non-hydrogen) atoms. The SMILES string of the molecule is CC(C)(C)OC(=O)CN1C(=O)c2ccccc2C1(O)C(F)(F)F. The molecule has 1 amide bonds. The maximum absolute atomic E-state index is 13.4. The summed E-state index contributed by atoms with van der Waals surface area (Å²) >= 11 is 0. The summed E-state index contributed by atoms with van der Waals surface area (Å²) in [6.45, 7) is 3.62. The van der Waals surface area contributed by atoms with Crippen molar-refractivity contribution in [2.45, 2.75) is 38.3 Å². The Morgan fingerprint density at radius 1 is 1.26 bits per heavy atom. The fourth-order valence-electron chi connectivity index (χ4n) is 2.41. The quantitative estimate of drug-likeness (QED) is 0.844. The third-order valence-electron chi connectivity index (χ3n) is 3.27. The molecule has 1 N–H and O–H groups in total. The highest BCUT2D eigenvalue weighted by Crippen LogP contribution is 2.47. The molecule has 0 aliphatic carbocycles. The number of carbonyl (C=O) groups is 2. The number of fused-ring (bicyclic) bond motifs is 1. The van der Waals surface area contributed by atoms with Crippen LogP contribution in [0, 0.1) is 0 Å². The van der Waals surface area contributed by atoms with Crippen molar-refractivity contribution in [1.82, 2.24) is 4.90 Å². The Morgan fingerprint density at radius 2 is 1.83 bits per heavy atom. The molecule has 126 valence electrons. The Bertz CT molecular complexity index is 651. The van der Waals surface area contributed by atoms with Gasteiger partial charge in [0, 0.05) is 11.1 Å². The molecule has 0 radical (unpaired) electrons. The molecule has 0 bridgehead atoms. The van der Waals surface area contributed by atoms with Crippen molar-refractivity contribution in [3.05, 3.63) is 35.4 Å². The highest BCUT2D eigenvalue weighted by molar-refractivity contribution is 6.01. The molecular formula is C15H16F3NO4. The molecule has 1 aromatic rings. The highest BCUT2D eigenvalue weighted by atomic mass is 19.4. The fourth-order valence-corrected chi connectivity index (χ4v) is 2.41. The van der Waals surface area contributed by atoms with Gasteiger partial charge in [-0.15, -0.1) is 0 Å². The number of esters is 1. The van der Waals surface area contributed by atoms with Gasteiger partial charge in [0.05, 0.1) is 0 Å². The molecule has 0 saturated carbocycles. The van der Waals surface area contributed by atoms with Gasteiger partial charge in [-0.3, -0.25) is 14.5 Å². The summed E-state index contributed by atoms with van der Waals surface area (Å²) in [6, 6.07) is 4.84. The van der Waals surface area contributed by atoms with Crippen LogP contribution in [0.4, 0.5) is 13.2 Å². The predicted molar refractivity (Wildman–Crippen MR) is 73.3 cm³/mol. The van der Waals surface area contributed by atoms with Crippen molar-refractivity contribution in [1.29, 1.82) is 0 Å². The van der Waals surface area contributed by atoms with Crippen molar-refractivity contribution in [3.8, 4) is 0 Å². The van der Waals surface area contributed by atoms with E-state index < -0.39 is 41.5 Å². The molecule has 1 unspecified atom stereocenters. The number of hydrogen-bond acceptors (Lipinski definition) is 4. The summed E-state index contributed by atoms with van der Waals surface area (Å²) in [4.78, 5) is 24.1. The van der Waals surface area contributed by atoms with Gasteiger partial charge in [-0.2, -0.15) is 13.2 Å². The summed E-state index contributed by atoms with van der Waals surface area (Å²) in [5, 5.41) is 10.2. The number of carbonyl (C=O) groups excluding carboxylic acids is 2. The van der Waals surface area contributed by atoms with Crippen LogP contribution < -0.4 is 0 Å². The van der Waals surface area contributed by atoms with Crippen molar-refractivity contribution in [2.75, 3.05) is 6.54 Å². The number of alkyl halides is 3. The number of ether oxygens (including phenoxy) is 1. The van der Waals surface area contributed by atoms with Gasteiger partial charge in [0.2, 0.25) is 0 Å². The standard InChI is InChI=1S/C15H16F3NO4/c1-13(2,3)23-11(20)8-19-12(21)9-6-4-5-7-10(9)14(19,22)15(16,17)18/h4-7,22H,8H2,1-3H3. The van der Waals surface area contributed by atoms with Crippen LogP contribution in [0.5, 0.6) is 0 Å². The molecular weight excluding hydrogens is 315 g/mol. The molecule has 2 rings (SSSR count). The molecule has 1 heterocycles. The number of halogens is 3. The molecule has 1 atom stereocenters. The average molecular weight is 331 g/mol. The summed E-state index contributed by atoms with van der Waals surface area (Å²) < 4.78 is 45.3. The molecule has 0 fully saturated rings. The second kappa shape index (κ2) is 5.23. The van der Waals surface area contributed by atoms with Crippen LogP contribution in [0.15, 0.2) is 24.3 Å². The minimum absolute atomic E-state index is 0.0890. The van der Waals surface area contributed by atoms with Crippen LogP contribution in [-0.2, 0) is 15.3 Å². The zero-order valence-electron chi connectivity index (χ0n) is 12.8. The van der Waals surface area contributed by atoms with Crippen molar-refractivity contribution in [3.63, 3.8) is 0 Å². The summed E-state index contributed by atoms with van der Waals surface area (Å²) in [5.41, 5.74) is -5.38. The van der Waals surface area contributed by atoms with E-state index in [2.05, 4.69) is 0 Å². The second-order valence-corrected chi connectivity index (χ2v) is 6.19. The normalized spacial score (nSPS) is 21.3. The smallest absolute Gasteiger partial charge is 0.441 e. The van der Waals surface area contributed by atoms with E-state index in [0.29, 0.717) is 0 Å². The summed E-state index contributed by atoms with van der Waals surface area (Å²) in [5.74, 6) is -2.12. The minimum atomic E-state index is -5.17. The minimum Gasteiger partial charge on any atom is -0.459 e. The predicted octanol–water partition coefficient (Wildman–Crippen LogP) is 2.19. The molecule has 5 nitrogen and oxygen atoms in total. The number of nitrogens with zero attached hydrogens (tertiary/aromatic N) is 1. The van der Waals surface area contributed by atoms with E-state index in [0.717, 1.165) is 6.07 Å². The Morgan fingerprint density at radius 3 is 2.35 bits per heavy atom. The van der Waals surface area contributed by atoms with Gasteiger partial charge >= 0.3 is 12.1 Å². The van der Waals surface area contributed by atoms with E-state index in [1.165, 1.54) is 18.2 Å². The summed E-state index contributed by atoms with van der Waals surface area (Å²) in [6.07, 6.45) is -5.17. The Balaban J connectivity index is 2.43. The van der Waals surface area contributed by atoms with E-state index in [4.69, 9.17) is 4.74 Å². The lowest BCUT2D eigenvalue weighted by Crippen LogP contribution is -2.56. The molecule has 1 aliphatic heterocycles. The van der Waals surface area contributed by atoms with Gasteiger partial charge in [0.15, 0.2) is 0 Å². The molecule has 1 aromatic carbocycles. The maximum Gasteiger partial charge on any atom is 0.441 e. The van der Waals surface area contributed by atoms with Gasteiger partial charge in [-0.1, -0.05) is 18.2 Å². The molecule has 8 heteroatoms. The first kappa shape index (κ1) is 17.3. The van der Waals surface area contributed by atoms with Crippen molar-refractivity contribution in [2.24, 2.45) is 0 Å². The van der Waals surface area contributed by atoms with E-state index in [1.807, 2.05) is 0 Å². The van der Waals surface area contributed by atoms with Crippen LogP contribution in [0.3, 0.4) is 0 Å². The lowest BCUT2D eigenvalue weighted by Gasteiger charge is -2.35. The zero-order chi connectivity index (χ0) is 17.6. The molecule has 1 aliphatic rings. The van der Waals surface area contributed by atoms with Crippen LogP contribution in [-0.4, -0.2) is 40.2 Å². The molecule has 0 aromatic heterocycles. The number of aliphatic hydroxyl groups is 1. The average Bonchev–Trinajstić information content (AvgIpc) is 2.60. The van der Waals surface area contributed by atoms with E-state index >= 15 is 0 Å². The van der Waals surface area contributed by atoms with Gasteiger partial charge in [0.25, 0.3) is 11.6 Å². The fraction of sp³-hybridized carbons (Fsp3) is 0.467. The Hall–Kier alpha value is -2.09. The number of benzene rings is 1. The first-order valence-electron chi connectivity index (χ1n) is 6.80. The highest BCUT2D eigenvalue weighted by Gasteiger charge is 2.65. The topological polar surface area (TPSA) is 66.8 Å². The van der Waals surface area contributed by atoms with E-state index in [-0.39, 0.29) is 10.5 Å². The van der Waals surface area contributed by atoms with Crippen LogP contribution >= 0.6 is 0 Å².